The molecule has 0 aromatic rings. The maximum atomic E-state index is 10.7. The predicted molar refractivity (Wildman–Crippen MR) is 51.9 cm³/mol. The van der Waals surface area contributed by atoms with Gasteiger partial charge in [0.1, 0.15) is 18.3 Å². The predicted octanol–water partition coefficient (Wildman–Crippen LogP) is -3.95. The summed E-state index contributed by atoms with van der Waals surface area (Å²) in [6, 6.07) is 0. The lowest BCUT2D eigenvalue weighted by atomic mass is 9.96. The van der Waals surface area contributed by atoms with Crippen molar-refractivity contribution in [1.29, 1.82) is 0 Å². The fourth-order valence-electron chi connectivity index (χ4n) is 1.08. The average molecular weight is 236 g/mol. The highest BCUT2D eigenvalue weighted by Crippen LogP contribution is 2.09. The van der Waals surface area contributed by atoms with Crippen molar-refractivity contribution < 1.29 is 30.0 Å². The van der Waals surface area contributed by atoms with Gasteiger partial charge < -0.3 is 31.5 Å². The normalized spacial score (nSPS) is 20.4. The molecule has 94 valence electrons. The molecule has 0 fully saturated rings. The van der Waals surface area contributed by atoms with Crippen LogP contribution in [0.5, 0.6) is 0 Å². The van der Waals surface area contributed by atoms with E-state index in [1.54, 1.807) is 0 Å². The Kier molecular flexibility index (Phi) is 5.48. The van der Waals surface area contributed by atoms with Gasteiger partial charge in [0, 0.05) is 6.92 Å². The molecule has 4 atom stereocenters. The van der Waals surface area contributed by atoms with Gasteiger partial charge in [-0.1, -0.05) is 0 Å². The van der Waals surface area contributed by atoms with Crippen molar-refractivity contribution in [3.8, 4) is 0 Å². The maximum Gasteiger partial charge on any atom is 0.218 e. The Bertz CT molecular complexity index is 261. The Hall–Kier alpha value is -1.06. The monoisotopic (exact) mass is 236 g/mol. The molecule has 8 heteroatoms. The van der Waals surface area contributed by atoms with Crippen molar-refractivity contribution in [3.05, 3.63) is 0 Å². The van der Waals surface area contributed by atoms with E-state index in [0.29, 0.717) is 0 Å². The van der Waals surface area contributed by atoms with Gasteiger partial charge in [0.2, 0.25) is 5.91 Å². The Morgan fingerprint density at radius 1 is 1.50 bits per heavy atom. The maximum absolute atomic E-state index is 10.7. The van der Waals surface area contributed by atoms with Crippen LogP contribution in [-0.2, 0) is 9.59 Å². The van der Waals surface area contributed by atoms with Gasteiger partial charge in [-0.3, -0.25) is 9.59 Å². The summed E-state index contributed by atoms with van der Waals surface area (Å²) < 4.78 is 0. The minimum absolute atomic E-state index is 0.0341. The molecule has 16 heavy (non-hydrogen) atoms. The second kappa shape index (κ2) is 5.87. The minimum Gasteiger partial charge on any atom is -0.394 e. The Morgan fingerprint density at radius 2 is 2.00 bits per heavy atom. The summed E-state index contributed by atoms with van der Waals surface area (Å²) in [5.41, 5.74) is 3.11. The summed E-state index contributed by atoms with van der Waals surface area (Å²) in [7, 11) is 0. The first-order valence-corrected chi connectivity index (χ1v) is 4.47. The molecule has 0 spiro atoms. The van der Waals surface area contributed by atoms with E-state index in [1.807, 2.05) is 5.32 Å². The third-order valence-electron chi connectivity index (χ3n) is 1.98. The third-order valence-corrected chi connectivity index (χ3v) is 1.98. The number of hydrogen-bond acceptors (Lipinski definition) is 7. The van der Waals surface area contributed by atoms with E-state index in [2.05, 4.69) is 0 Å². The Labute approximate surface area is 91.7 Å². The van der Waals surface area contributed by atoms with E-state index in [-0.39, 0.29) is 6.29 Å². The van der Waals surface area contributed by atoms with Gasteiger partial charge in [0.25, 0.3) is 0 Å². The summed E-state index contributed by atoms with van der Waals surface area (Å²) >= 11 is 0. The largest absolute Gasteiger partial charge is 0.394 e. The van der Waals surface area contributed by atoms with E-state index in [1.165, 1.54) is 0 Å². The second-order valence-corrected chi connectivity index (χ2v) is 3.42. The zero-order valence-corrected chi connectivity index (χ0v) is 8.70. The van der Waals surface area contributed by atoms with Crippen LogP contribution in [0.2, 0.25) is 0 Å². The third kappa shape index (κ3) is 3.51. The lowest BCUT2D eigenvalue weighted by Gasteiger charge is -2.33. The molecule has 1 unspecified atom stereocenters. The highest BCUT2D eigenvalue weighted by molar-refractivity contribution is 5.79. The summed E-state index contributed by atoms with van der Waals surface area (Å²) in [6.45, 7) is 0.236. The van der Waals surface area contributed by atoms with Gasteiger partial charge in [-0.25, -0.2) is 0 Å². The first kappa shape index (κ1) is 14.9. The van der Waals surface area contributed by atoms with Crippen LogP contribution < -0.4 is 11.1 Å². The number of aliphatic hydroxyl groups excluding tert-OH is 4. The highest BCUT2D eigenvalue weighted by atomic mass is 16.4. The van der Waals surface area contributed by atoms with Crippen LogP contribution in [0.4, 0.5) is 0 Å². The van der Waals surface area contributed by atoms with E-state index in [0.717, 1.165) is 6.92 Å². The molecule has 8 nitrogen and oxygen atoms in total. The van der Waals surface area contributed by atoms with E-state index >= 15 is 0 Å². The SMILES string of the molecule is CC(=O)N[C@@](N)(C=O)[C@@H](O)[C@H](O)C(O)CO. The molecule has 0 aromatic carbocycles. The number of rotatable bonds is 6. The van der Waals surface area contributed by atoms with Gasteiger partial charge in [-0.15, -0.1) is 0 Å². The number of nitrogens with one attached hydrogen (secondary N) is 1. The van der Waals surface area contributed by atoms with Gasteiger partial charge in [0.05, 0.1) is 6.61 Å². The summed E-state index contributed by atoms with van der Waals surface area (Å²) in [5, 5.41) is 38.3. The number of nitrogens with two attached hydrogens (primary N) is 1. The van der Waals surface area contributed by atoms with Crippen molar-refractivity contribution in [1.82, 2.24) is 5.32 Å². The molecule has 0 aliphatic carbocycles. The van der Waals surface area contributed by atoms with Gasteiger partial charge in [-0.05, 0) is 0 Å². The summed E-state index contributed by atoms with van der Waals surface area (Å²) in [5.74, 6) is -0.695. The van der Waals surface area contributed by atoms with Crippen molar-refractivity contribution in [2.24, 2.45) is 5.73 Å². The first-order chi connectivity index (χ1) is 7.28. The second-order valence-electron chi connectivity index (χ2n) is 3.42. The Balaban J connectivity index is 4.81. The molecule has 0 saturated carbocycles. The highest BCUT2D eigenvalue weighted by Gasteiger charge is 2.41. The quantitative estimate of drug-likeness (QED) is 0.203. The topological polar surface area (TPSA) is 153 Å². The summed E-state index contributed by atoms with van der Waals surface area (Å²) in [6.07, 6.45) is -5.46. The van der Waals surface area contributed by atoms with E-state index < -0.39 is 36.5 Å². The number of carbonyl (C=O) groups excluding carboxylic acids is 2. The van der Waals surface area contributed by atoms with Gasteiger partial charge >= 0.3 is 0 Å². The zero-order valence-electron chi connectivity index (χ0n) is 8.70. The van der Waals surface area contributed by atoms with Crippen molar-refractivity contribution in [3.63, 3.8) is 0 Å². The fourth-order valence-corrected chi connectivity index (χ4v) is 1.08. The van der Waals surface area contributed by atoms with Crippen LogP contribution in [0.25, 0.3) is 0 Å². The first-order valence-electron chi connectivity index (χ1n) is 4.47. The van der Waals surface area contributed by atoms with Gasteiger partial charge in [0.15, 0.2) is 11.9 Å². The van der Waals surface area contributed by atoms with Crippen molar-refractivity contribution in [2.75, 3.05) is 6.61 Å². The smallest absolute Gasteiger partial charge is 0.218 e. The molecular weight excluding hydrogens is 220 g/mol. The van der Waals surface area contributed by atoms with E-state index in [4.69, 9.17) is 15.9 Å². The zero-order chi connectivity index (χ0) is 12.9. The molecule has 0 saturated heterocycles. The molecule has 1 amide bonds. The number of aldehydes is 1. The average Bonchev–Trinajstić information content (AvgIpc) is 2.24. The summed E-state index contributed by atoms with van der Waals surface area (Å²) in [4.78, 5) is 21.4. The standard InChI is InChI=1S/C8H16N2O6/c1-4(13)10-8(9,3-12)7(16)6(15)5(14)2-11/h3,5-7,11,14-16H,2,9H2,1H3,(H,10,13)/t5?,6-,7+,8+/m1/s1. The number of aliphatic hydroxyl groups is 4. The van der Waals surface area contributed by atoms with Crippen LogP contribution in [0, 0.1) is 0 Å². The molecule has 0 bridgehead atoms. The fraction of sp³-hybridized carbons (Fsp3) is 0.750. The van der Waals surface area contributed by atoms with Crippen molar-refractivity contribution >= 4 is 12.2 Å². The van der Waals surface area contributed by atoms with Crippen LogP contribution in [0.1, 0.15) is 6.92 Å². The van der Waals surface area contributed by atoms with Crippen LogP contribution in [0.15, 0.2) is 0 Å². The molecule has 0 aliphatic heterocycles. The van der Waals surface area contributed by atoms with Crippen LogP contribution in [0.3, 0.4) is 0 Å². The molecule has 7 N–H and O–H groups in total. The lowest BCUT2D eigenvalue weighted by molar-refractivity contribution is -0.139. The molecule has 0 radical (unpaired) electrons. The lowest BCUT2D eigenvalue weighted by Crippen LogP contribution is -2.68. The molecule has 0 rings (SSSR count). The van der Waals surface area contributed by atoms with E-state index in [9.17, 15) is 19.8 Å². The van der Waals surface area contributed by atoms with Crippen LogP contribution in [-0.4, -0.2) is 63.2 Å². The molecule has 0 aliphatic rings. The Morgan fingerprint density at radius 3 is 2.31 bits per heavy atom. The van der Waals surface area contributed by atoms with Crippen LogP contribution >= 0.6 is 0 Å². The number of hydrogen-bond donors (Lipinski definition) is 6. The van der Waals surface area contributed by atoms with Crippen molar-refractivity contribution in [2.45, 2.75) is 30.9 Å². The molecule has 0 aromatic heterocycles. The molecule has 0 heterocycles. The molecular formula is C8H16N2O6. The van der Waals surface area contributed by atoms with Gasteiger partial charge in [-0.2, -0.15) is 0 Å². The number of amides is 1. The number of carbonyl (C=O) groups is 2. The minimum atomic E-state index is -2.22.